The fraction of sp³-hybridized carbons (Fsp3) is 0.152. The summed E-state index contributed by atoms with van der Waals surface area (Å²) in [5, 5.41) is 4.97. The van der Waals surface area contributed by atoms with Gasteiger partial charge < -0.3 is 0 Å². The highest BCUT2D eigenvalue weighted by atomic mass is 15.1. The molecule has 0 spiro atoms. The van der Waals surface area contributed by atoms with Gasteiger partial charge in [-0.3, -0.25) is 4.57 Å². The topological polar surface area (TPSA) is 17.8 Å². The lowest BCUT2D eigenvalue weighted by atomic mass is 9.80. The maximum Gasteiger partial charge on any atom is 0.145 e. The molecule has 0 bridgehead atoms. The van der Waals surface area contributed by atoms with Gasteiger partial charge >= 0.3 is 0 Å². The fourth-order valence-electron chi connectivity index (χ4n) is 11.7. The first-order valence-corrected chi connectivity index (χ1v) is 29.1. The van der Waals surface area contributed by atoms with Crippen LogP contribution in [0.2, 0.25) is 0 Å². The van der Waals surface area contributed by atoms with E-state index in [0.717, 1.165) is 54.9 Å². The Labute approximate surface area is 480 Å². The molecule has 2 heteroatoms. The Morgan fingerprint density at radius 2 is 1.02 bits per heavy atom. The van der Waals surface area contributed by atoms with Crippen LogP contribution in [-0.4, -0.2) is 9.55 Å². The minimum absolute atomic E-state index is 0.915. The second kappa shape index (κ2) is 24.9. The van der Waals surface area contributed by atoms with Crippen molar-refractivity contribution in [2.45, 2.75) is 80.1 Å². The molecule has 0 atom stereocenters. The third-order valence-corrected chi connectivity index (χ3v) is 15.9. The second-order valence-electron chi connectivity index (χ2n) is 21.7. The number of aromatic nitrogens is 2. The highest BCUT2D eigenvalue weighted by Crippen LogP contribution is 2.49. The van der Waals surface area contributed by atoms with E-state index in [1.54, 1.807) is 0 Å². The molecule has 0 fully saturated rings. The molecule has 10 aromatic carbocycles. The average Bonchev–Trinajstić information content (AvgIpc) is 3.88. The predicted octanol–water partition coefficient (Wildman–Crippen LogP) is 22.0. The third kappa shape index (κ3) is 11.5. The predicted molar refractivity (Wildman–Crippen MR) is 350 cm³/mol. The van der Waals surface area contributed by atoms with E-state index in [2.05, 4.69) is 283 Å². The van der Waals surface area contributed by atoms with Crippen LogP contribution in [0.1, 0.15) is 92.6 Å². The average molecular weight is 1050 g/mol. The molecule has 1 aromatic heterocycles. The molecule has 398 valence electrons. The summed E-state index contributed by atoms with van der Waals surface area (Å²) in [6, 6.07) is 82.3. The van der Waals surface area contributed by atoms with Gasteiger partial charge in [-0.05, 0) is 190 Å². The Kier molecular flexibility index (Phi) is 16.6. The van der Waals surface area contributed by atoms with E-state index >= 15 is 0 Å². The minimum Gasteiger partial charge on any atom is -0.293 e. The quantitative estimate of drug-likeness (QED) is 0.125. The molecule has 0 aliphatic heterocycles. The van der Waals surface area contributed by atoms with Crippen molar-refractivity contribution in [2.75, 3.05) is 0 Å². The Morgan fingerprint density at radius 1 is 0.469 bits per heavy atom. The Morgan fingerprint density at radius 3 is 1.68 bits per heavy atom. The molecule has 0 N–H and O–H groups in total. The van der Waals surface area contributed by atoms with Crippen LogP contribution < -0.4 is 0 Å². The second-order valence-corrected chi connectivity index (χ2v) is 21.7. The maximum atomic E-state index is 5.28. The van der Waals surface area contributed by atoms with Crippen molar-refractivity contribution in [3.63, 3.8) is 0 Å². The molecule has 1 heterocycles. The van der Waals surface area contributed by atoms with Crippen molar-refractivity contribution in [3.8, 4) is 61.6 Å². The minimum atomic E-state index is 0.915. The van der Waals surface area contributed by atoms with Crippen LogP contribution in [-0.2, 0) is 12.8 Å². The van der Waals surface area contributed by atoms with Crippen molar-refractivity contribution in [1.29, 1.82) is 0 Å². The smallest absolute Gasteiger partial charge is 0.145 e. The number of para-hydroxylation sites is 1. The molecule has 0 saturated heterocycles. The first kappa shape index (κ1) is 53.9. The van der Waals surface area contributed by atoms with Crippen LogP contribution in [0.5, 0.6) is 0 Å². The van der Waals surface area contributed by atoms with Gasteiger partial charge in [-0.15, -0.1) is 0 Å². The van der Waals surface area contributed by atoms with Crippen LogP contribution in [0, 0.1) is 13.8 Å². The maximum absolute atomic E-state index is 5.28. The molecule has 0 unspecified atom stereocenters. The van der Waals surface area contributed by atoms with Crippen molar-refractivity contribution >= 4 is 38.8 Å². The van der Waals surface area contributed by atoms with Crippen molar-refractivity contribution in [3.05, 3.63) is 294 Å². The molecular formula is C79H72N2. The van der Waals surface area contributed by atoms with E-state index in [1.165, 1.54) is 123 Å². The first-order chi connectivity index (χ1) is 39.8. The zero-order chi connectivity index (χ0) is 55.7. The Hall–Kier alpha value is -9.11. The van der Waals surface area contributed by atoms with Gasteiger partial charge in [0.05, 0.1) is 11.4 Å². The number of aryl methyl sites for hydroxylation is 3. The molecule has 11 aromatic rings. The summed E-state index contributed by atoms with van der Waals surface area (Å²) in [6.45, 7) is 13.2. The Balaban J connectivity index is 0.000000631. The van der Waals surface area contributed by atoms with Gasteiger partial charge in [-0.2, -0.15) is 0 Å². The van der Waals surface area contributed by atoms with Gasteiger partial charge in [0.25, 0.3) is 0 Å². The zero-order valence-electron chi connectivity index (χ0n) is 47.9. The molecule has 0 saturated carbocycles. The SMILES string of the molecule is CC(Cc1ccccc1C)=C(C)c1ccc2c(-c3ccccc3C3=CCCC=C3)c3cc(-c4ccc(-c5nc6c(n5-c5ccccc5)C=CCC6)cc4)ccc3c(-c3ccccc3-c3ccccc3)c2c1.CCC.Cc1ccccc1. The molecule has 13 rings (SSSR count). The molecule has 2 aliphatic carbocycles. The summed E-state index contributed by atoms with van der Waals surface area (Å²) in [6.07, 6.45) is 17.8. The molecule has 0 amide bonds. The highest BCUT2D eigenvalue weighted by Gasteiger charge is 2.24. The number of hydrogen-bond acceptors (Lipinski definition) is 1. The van der Waals surface area contributed by atoms with Crippen LogP contribution in [0.25, 0.3) is 100 Å². The number of rotatable bonds is 10. The summed E-state index contributed by atoms with van der Waals surface area (Å²) in [5.41, 5.74) is 24.8. The molecular weight excluding hydrogens is 977 g/mol. The lowest BCUT2D eigenvalue weighted by Crippen LogP contribution is -2.01. The molecule has 2 nitrogen and oxygen atoms in total. The monoisotopic (exact) mass is 1050 g/mol. The summed E-state index contributed by atoms with van der Waals surface area (Å²) >= 11 is 0. The van der Waals surface area contributed by atoms with E-state index in [1.807, 2.05) is 18.2 Å². The summed E-state index contributed by atoms with van der Waals surface area (Å²) in [7, 11) is 0. The van der Waals surface area contributed by atoms with Crippen molar-refractivity contribution in [1.82, 2.24) is 9.55 Å². The summed E-state index contributed by atoms with van der Waals surface area (Å²) in [4.78, 5) is 5.28. The van der Waals surface area contributed by atoms with E-state index in [-0.39, 0.29) is 0 Å². The van der Waals surface area contributed by atoms with Crippen LogP contribution in [0.4, 0.5) is 0 Å². The van der Waals surface area contributed by atoms with Gasteiger partial charge in [0.1, 0.15) is 5.82 Å². The first-order valence-electron chi connectivity index (χ1n) is 29.1. The number of benzene rings is 10. The van der Waals surface area contributed by atoms with Crippen molar-refractivity contribution < 1.29 is 0 Å². The number of imidazole rings is 1. The van der Waals surface area contributed by atoms with Crippen LogP contribution in [0.15, 0.2) is 254 Å². The van der Waals surface area contributed by atoms with Gasteiger partial charge in [0, 0.05) is 11.3 Å². The standard InChI is InChI=1S/C69H56N2.C7H8.C3H8/c1-46-21-13-14-26-53(46)43-47(2)48(3)54-39-41-61-63(44-54)67(59-31-17-15-29-57(59)50-22-7-4-8-23-50)62-42-40-55(45-64(62)68(61)60-32-18-16-30-58(60)51-24-9-5-10-25-51)49-35-37-52(38-36-49)69-70-65-33-19-20-34-66(65)71(69)56-27-11-6-12-28-56;1-7-5-3-2-4-6-7;1-3-2/h4,6-9,11-18,20-32,34-42,44-45H,5,10,19,33,43H2,1-3H3;2-6H,1H3;3H2,1-2H3. The Bertz CT molecular complexity index is 4130. The number of hydrogen-bond donors (Lipinski definition) is 0. The largest absolute Gasteiger partial charge is 0.293 e. The van der Waals surface area contributed by atoms with Gasteiger partial charge in [0.15, 0.2) is 0 Å². The third-order valence-electron chi connectivity index (χ3n) is 15.9. The van der Waals surface area contributed by atoms with Gasteiger partial charge in [-0.1, -0.05) is 256 Å². The number of nitrogens with zero attached hydrogens (tertiary/aromatic N) is 2. The summed E-state index contributed by atoms with van der Waals surface area (Å²) < 4.78 is 2.32. The zero-order valence-corrected chi connectivity index (χ0v) is 47.9. The normalized spacial score (nSPS) is 12.9. The van der Waals surface area contributed by atoms with Crippen molar-refractivity contribution in [2.24, 2.45) is 0 Å². The molecule has 2 aliphatic rings. The summed E-state index contributed by atoms with van der Waals surface area (Å²) in [5.74, 6) is 0.978. The highest BCUT2D eigenvalue weighted by molar-refractivity contribution is 6.24. The fourth-order valence-corrected chi connectivity index (χ4v) is 11.7. The molecule has 0 radical (unpaired) electrons. The van der Waals surface area contributed by atoms with E-state index in [4.69, 9.17) is 4.98 Å². The molecule has 81 heavy (non-hydrogen) atoms. The van der Waals surface area contributed by atoms with E-state index in [9.17, 15) is 0 Å². The van der Waals surface area contributed by atoms with E-state index < -0.39 is 0 Å². The van der Waals surface area contributed by atoms with Crippen LogP contribution >= 0.6 is 0 Å². The van der Waals surface area contributed by atoms with Crippen LogP contribution in [0.3, 0.4) is 0 Å². The number of allylic oxidation sites excluding steroid dienone is 7. The number of fused-ring (bicyclic) bond motifs is 3. The van der Waals surface area contributed by atoms with Gasteiger partial charge in [0.2, 0.25) is 0 Å². The lowest BCUT2D eigenvalue weighted by molar-refractivity contribution is 0.936. The van der Waals surface area contributed by atoms with Gasteiger partial charge in [-0.25, -0.2) is 4.98 Å². The lowest BCUT2D eigenvalue weighted by Gasteiger charge is -2.23. The van der Waals surface area contributed by atoms with E-state index in [0.29, 0.717) is 0 Å².